The van der Waals surface area contributed by atoms with Crippen molar-refractivity contribution in [3.8, 4) is 17.0 Å². The van der Waals surface area contributed by atoms with Crippen molar-refractivity contribution in [2.75, 3.05) is 24.4 Å². The van der Waals surface area contributed by atoms with Crippen LogP contribution in [-0.4, -0.2) is 30.7 Å². The molecule has 33 heavy (non-hydrogen) atoms. The lowest BCUT2D eigenvalue weighted by Crippen LogP contribution is -2.19. The summed E-state index contributed by atoms with van der Waals surface area (Å²) in [5, 5.41) is 6.77. The number of pyridine rings is 1. The number of fused-ring (bicyclic) bond motifs is 1. The lowest BCUT2D eigenvalue weighted by molar-refractivity contribution is -0.142. The molecule has 0 spiro atoms. The summed E-state index contributed by atoms with van der Waals surface area (Å²) in [6.45, 7) is -0.267. The summed E-state index contributed by atoms with van der Waals surface area (Å²) in [6, 6.07) is 23.0. The number of carbonyl (C=O) groups excluding carboxylic acids is 2. The van der Waals surface area contributed by atoms with Crippen LogP contribution in [0, 0.1) is 0 Å². The van der Waals surface area contributed by atoms with Crippen molar-refractivity contribution in [3.63, 3.8) is 0 Å². The quantitative estimate of drug-likeness (QED) is 0.357. The van der Waals surface area contributed by atoms with Gasteiger partial charge in [-0.2, -0.15) is 0 Å². The van der Waals surface area contributed by atoms with E-state index in [1.54, 1.807) is 48.5 Å². The van der Waals surface area contributed by atoms with Crippen LogP contribution in [-0.2, 0) is 9.53 Å². The summed E-state index contributed by atoms with van der Waals surface area (Å²) in [4.78, 5) is 28.7. The van der Waals surface area contributed by atoms with Gasteiger partial charge in [0.1, 0.15) is 5.75 Å². The van der Waals surface area contributed by atoms with Gasteiger partial charge in [0.05, 0.1) is 18.3 Å². The van der Waals surface area contributed by atoms with E-state index in [9.17, 15) is 9.59 Å². The summed E-state index contributed by atoms with van der Waals surface area (Å²) < 4.78 is 10.4. The molecule has 0 atom stereocenters. The first-order valence-corrected chi connectivity index (χ1v) is 10.4. The minimum atomic E-state index is -0.513. The molecule has 0 radical (unpaired) electrons. The summed E-state index contributed by atoms with van der Waals surface area (Å²) in [7, 11) is 1.29. The second kappa shape index (κ2) is 10.0. The highest BCUT2D eigenvalue weighted by Gasteiger charge is 2.13. The van der Waals surface area contributed by atoms with Crippen molar-refractivity contribution in [2.24, 2.45) is 0 Å². The molecule has 7 nitrogen and oxygen atoms in total. The zero-order valence-corrected chi connectivity index (χ0v) is 18.4. The Morgan fingerprint density at radius 1 is 0.909 bits per heavy atom. The molecule has 2 amide bonds. The number of nitrogens with one attached hydrogen (secondary N) is 2. The molecule has 1 heterocycles. The highest BCUT2D eigenvalue weighted by Crippen LogP contribution is 2.32. The summed E-state index contributed by atoms with van der Waals surface area (Å²) in [6.07, 6.45) is 0. The van der Waals surface area contributed by atoms with Gasteiger partial charge in [0, 0.05) is 33.4 Å². The molecule has 4 aromatic rings. The maximum absolute atomic E-state index is 12.4. The van der Waals surface area contributed by atoms with Crippen LogP contribution in [0.15, 0.2) is 78.9 Å². The SMILES string of the molecule is COC(=O)COc1cc(-c2cccc(Cl)c2)nc2ccc(NC(=O)Nc3ccccc3)cc12. The van der Waals surface area contributed by atoms with Gasteiger partial charge in [0.25, 0.3) is 0 Å². The molecule has 1 aromatic heterocycles. The lowest BCUT2D eigenvalue weighted by atomic mass is 10.1. The predicted molar refractivity (Wildman–Crippen MR) is 129 cm³/mol. The third-order valence-electron chi connectivity index (χ3n) is 4.75. The Labute approximate surface area is 195 Å². The van der Waals surface area contributed by atoms with Crippen molar-refractivity contribution < 1.29 is 19.1 Å². The van der Waals surface area contributed by atoms with E-state index in [1.165, 1.54) is 7.11 Å². The molecule has 0 saturated heterocycles. The average molecular weight is 462 g/mol. The van der Waals surface area contributed by atoms with E-state index in [0.717, 1.165) is 5.56 Å². The van der Waals surface area contributed by atoms with E-state index in [2.05, 4.69) is 15.4 Å². The van der Waals surface area contributed by atoms with Gasteiger partial charge in [-0.05, 0) is 42.5 Å². The van der Waals surface area contributed by atoms with Gasteiger partial charge in [-0.1, -0.05) is 41.9 Å². The van der Waals surface area contributed by atoms with Crippen LogP contribution in [0.5, 0.6) is 5.75 Å². The average Bonchev–Trinajstić information content (AvgIpc) is 2.82. The number of amides is 2. The Hall–Kier alpha value is -4.10. The van der Waals surface area contributed by atoms with Gasteiger partial charge in [0.15, 0.2) is 6.61 Å². The molecular weight excluding hydrogens is 442 g/mol. The maximum atomic E-state index is 12.4. The van der Waals surface area contributed by atoms with Gasteiger partial charge in [-0.25, -0.2) is 14.6 Å². The third kappa shape index (κ3) is 5.58. The van der Waals surface area contributed by atoms with E-state index >= 15 is 0 Å². The number of benzene rings is 3. The van der Waals surface area contributed by atoms with Crippen molar-refractivity contribution in [2.45, 2.75) is 0 Å². The number of halogens is 1. The highest BCUT2D eigenvalue weighted by molar-refractivity contribution is 6.30. The Balaban J connectivity index is 1.67. The van der Waals surface area contributed by atoms with E-state index < -0.39 is 5.97 Å². The number of rotatable bonds is 6. The molecule has 0 fully saturated rings. The zero-order valence-electron chi connectivity index (χ0n) is 17.7. The van der Waals surface area contributed by atoms with Crippen LogP contribution in [0.1, 0.15) is 0 Å². The van der Waals surface area contributed by atoms with Gasteiger partial charge < -0.3 is 20.1 Å². The molecule has 0 bridgehead atoms. The molecular formula is C25H20ClN3O4. The number of esters is 1. The molecule has 0 aliphatic heterocycles. The van der Waals surface area contributed by atoms with Crippen LogP contribution >= 0.6 is 11.6 Å². The molecule has 4 rings (SSSR count). The van der Waals surface area contributed by atoms with E-state index in [4.69, 9.17) is 21.3 Å². The van der Waals surface area contributed by atoms with E-state index in [1.807, 2.05) is 30.3 Å². The van der Waals surface area contributed by atoms with E-state index in [0.29, 0.717) is 38.7 Å². The number of ether oxygens (including phenoxy) is 2. The fraction of sp³-hybridized carbons (Fsp3) is 0.0800. The summed E-state index contributed by atoms with van der Waals surface area (Å²) in [5.74, 6) is -0.0896. The number of hydrogen-bond donors (Lipinski definition) is 2. The van der Waals surface area contributed by atoms with Crippen LogP contribution in [0.3, 0.4) is 0 Å². The lowest BCUT2D eigenvalue weighted by Gasteiger charge is -2.13. The monoisotopic (exact) mass is 461 g/mol. The van der Waals surface area contributed by atoms with Crippen molar-refractivity contribution in [1.82, 2.24) is 4.98 Å². The van der Waals surface area contributed by atoms with Crippen LogP contribution in [0.2, 0.25) is 5.02 Å². The van der Waals surface area contributed by atoms with Gasteiger partial charge in [-0.15, -0.1) is 0 Å². The topological polar surface area (TPSA) is 89.6 Å². The van der Waals surface area contributed by atoms with Crippen molar-refractivity contribution in [1.29, 1.82) is 0 Å². The first-order chi connectivity index (χ1) is 16.0. The second-order valence-corrected chi connectivity index (χ2v) is 7.49. The Morgan fingerprint density at radius 2 is 1.70 bits per heavy atom. The highest BCUT2D eigenvalue weighted by atomic mass is 35.5. The number of carbonyl (C=O) groups is 2. The molecule has 3 aromatic carbocycles. The van der Waals surface area contributed by atoms with Gasteiger partial charge >= 0.3 is 12.0 Å². The van der Waals surface area contributed by atoms with Gasteiger partial charge in [0.2, 0.25) is 0 Å². The van der Waals surface area contributed by atoms with Crippen molar-refractivity contribution >= 4 is 45.9 Å². The summed E-state index contributed by atoms with van der Waals surface area (Å²) >= 11 is 6.14. The summed E-state index contributed by atoms with van der Waals surface area (Å²) in [5.41, 5.74) is 3.27. The maximum Gasteiger partial charge on any atom is 0.343 e. The van der Waals surface area contributed by atoms with E-state index in [-0.39, 0.29) is 12.6 Å². The largest absolute Gasteiger partial charge is 0.481 e. The van der Waals surface area contributed by atoms with Gasteiger partial charge in [-0.3, -0.25) is 0 Å². The number of para-hydroxylation sites is 1. The fourth-order valence-electron chi connectivity index (χ4n) is 3.20. The molecule has 2 N–H and O–H groups in total. The molecule has 8 heteroatoms. The van der Waals surface area contributed by atoms with Crippen molar-refractivity contribution in [3.05, 3.63) is 83.9 Å². The minimum Gasteiger partial charge on any atom is -0.481 e. The molecule has 0 unspecified atom stereocenters. The zero-order chi connectivity index (χ0) is 23.2. The number of aromatic nitrogens is 1. The molecule has 0 aliphatic carbocycles. The Bertz CT molecular complexity index is 1310. The molecule has 166 valence electrons. The normalized spacial score (nSPS) is 10.5. The molecule has 0 aliphatic rings. The van der Waals surface area contributed by atoms with Crippen LogP contribution in [0.4, 0.5) is 16.2 Å². The third-order valence-corrected chi connectivity index (χ3v) is 4.99. The Morgan fingerprint density at radius 3 is 2.45 bits per heavy atom. The van der Waals surface area contributed by atoms with Crippen LogP contribution < -0.4 is 15.4 Å². The second-order valence-electron chi connectivity index (χ2n) is 7.06. The standard InChI is InChI=1S/C25H20ClN3O4/c1-32-24(30)15-33-23-14-22(16-6-5-7-17(26)12-16)29-21-11-10-19(13-20(21)23)28-25(31)27-18-8-3-2-4-9-18/h2-14H,15H2,1H3,(H2,27,28,31). The smallest absolute Gasteiger partial charge is 0.343 e. The number of nitrogens with zero attached hydrogens (tertiary/aromatic N) is 1. The first-order valence-electron chi connectivity index (χ1n) is 10.1. The number of urea groups is 1. The number of hydrogen-bond acceptors (Lipinski definition) is 5. The van der Waals surface area contributed by atoms with Crippen LogP contribution in [0.25, 0.3) is 22.2 Å². The minimum absolute atomic E-state index is 0.267. The fourth-order valence-corrected chi connectivity index (χ4v) is 3.39. The Kier molecular flexibility index (Phi) is 6.71. The number of anilines is 2. The molecule has 0 saturated carbocycles. The first kappa shape index (κ1) is 22.1. The predicted octanol–water partition coefficient (Wildman–Crippen LogP) is 5.75. The number of methoxy groups -OCH3 is 1.